The second-order valence-corrected chi connectivity index (χ2v) is 4.56. The molecule has 0 bridgehead atoms. The molecule has 0 radical (unpaired) electrons. The molecule has 0 amide bonds. The van der Waals surface area contributed by atoms with Gasteiger partial charge in [-0.15, -0.1) is 0 Å². The minimum Gasteiger partial charge on any atom is -0.486 e. The van der Waals surface area contributed by atoms with Gasteiger partial charge in [0.1, 0.15) is 11.1 Å². The summed E-state index contributed by atoms with van der Waals surface area (Å²) in [6.45, 7) is 7.94. The van der Waals surface area contributed by atoms with E-state index in [9.17, 15) is 0 Å². The molecule has 0 saturated carbocycles. The molecule has 0 N–H and O–H groups in total. The van der Waals surface area contributed by atoms with Crippen molar-refractivity contribution >= 4 is 11.0 Å². The summed E-state index contributed by atoms with van der Waals surface area (Å²) >= 11 is 0. The molecule has 0 spiro atoms. The number of aromatic nitrogens is 2. The maximum Gasteiger partial charge on any atom is 0.177 e. The van der Waals surface area contributed by atoms with Gasteiger partial charge in [0.2, 0.25) is 0 Å². The lowest BCUT2D eigenvalue weighted by Crippen LogP contribution is -2.23. The lowest BCUT2D eigenvalue weighted by Gasteiger charge is -2.21. The zero-order valence-corrected chi connectivity index (χ0v) is 9.37. The number of aryl methyl sites for hydroxylation is 1. The Kier molecular flexibility index (Phi) is 2.14. The number of hydrogen-bond acceptors (Lipinski definition) is 4. The monoisotopic (exact) mass is 206 g/mol. The van der Waals surface area contributed by atoms with Gasteiger partial charge < -0.3 is 4.74 Å². The number of ether oxygens (including phenoxy) is 1. The van der Waals surface area contributed by atoms with E-state index < -0.39 is 0 Å². The Morgan fingerprint density at radius 2 is 1.80 bits per heavy atom. The van der Waals surface area contributed by atoms with Gasteiger partial charge in [-0.2, -0.15) is 0 Å². The van der Waals surface area contributed by atoms with Crippen molar-refractivity contribution in [3.05, 3.63) is 17.7 Å². The molecular weight excluding hydrogens is 192 g/mol. The molecule has 0 aliphatic rings. The lowest BCUT2D eigenvalue weighted by molar-refractivity contribution is 0.132. The van der Waals surface area contributed by atoms with E-state index >= 15 is 0 Å². The Bertz CT molecular complexity index is 483. The van der Waals surface area contributed by atoms with Crippen LogP contribution in [0.1, 0.15) is 26.3 Å². The highest BCUT2D eigenvalue weighted by Crippen LogP contribution is 2.28. The van der Waals surface area contributed by atoms with E-state index in [1.165, 1.54) is 0 Å². The smallest absolute Gasteiger partial charge is 0.177 e. The van der Waals surface area contributed by atoms with Crippen molar-refractivity contribution < 1.29 is 9.37 Å². The van der Waals surface area contributed by atoms with Crippen LogP contribution in [0.5, 0.6) is 5.75 Å². The Balaban J connectivity index is 2.53. The number of rotatable bonds is 1. The van der Waals surface area contributed by atoms with Crippen LogP contribution in [-0.2, 0) is 0 Å². The van der Waals surface area contributed by atoms with Crippen LogP contribution in [0.4, 0.5) is 0 Å². The molecule has 4 heteroatoms. The molecule has 1 heterocycles. The quantitative estimate of drug-likeness (QED) is 0.719. The van der Waals surface area contributed by atoms with Gasteiger partial charge in [0.15, 0.2) is 11.3 Å². The first-order valence-electron chi connectivity index (χ1n) is 4.88. The molecule has 2 aromatic rings. The van der Waals surface area contributed by atoms with Gasteiger partial charge in [-0.05, 0) is 49.6 Å². The summed E-state index contributed by atoms with van der Waals surface area (Å²) in [6, 6.07) is 3.85. The number of benzene rings is 1. The van der Waals surface area contributed by atoms with Crippen molar-refractivity contribution in [2.45, 2.75) is 33.3 Å². The Morgan fingerprint density at radius 3 is 2.47 bits per heavy atom. The molecular formula is C11H14N2O2. The van der Waals surface area contributed by atoms with Crippen molar-refractivity contribution in [2.75, 3.05) is 0 Å². The predicted octanol–water partition coefficient (Wildman–Crippen LogP) is 2.71. The van der Waals surface area contributed by atoms with Gasteiger partial charge in [-0.25, -0.2) is 4.63 Å². The lowest BCUT2D eigenvalue weighted by atomic mass is 10.1. The zero-order chi connectivity index (χ0) is 11.1. The third-order valence-electron chi connectivity index (χ3n) is 2.00. The molecule has 0 atom stereocenters. The van der Waals surface area contributed by atoms with E-state index in [0.29, 0.717) is 11.3 Å². The van der Waals surface area contributed by atoms with E-state index in [-0.39, 0.29) is 5.60 Å². The molecule has 1 aromatic heterocycles. The molecule has 15 heavy (non-hydrogen) atoms. The SMILES string of the molecule is Cc1ccc(OC(C)(C)C)c2nonc12. The molecule has 0 unspecified atom stereocenters. The van der Waals surface area contributed by atoms with E-state index in [4.69, 9.17) is 9.37 Å². The summed E-state index contributed by atoms with van der Waals surface area (Å²) in [5.41, 5.74) is 2.23. The van der Waals surface area contributed by atoms with Crippen LogP contribution >= 0.6 is 0 Å². The largest absolute Gasteiger partial charge is 0.486 e. The summed E-state index contributed by atoms with van der Waals surface area (Å²) in [6.07, 6.45) is 0. The maximum absolute atomic E-state index is 5.77. The van der Waals surface area contributed by atoms with Gasteiger partial charge in [-0.3, -0.25) is 0 Å². The molecule has 0 aliphatic carbocycles. The number of nitrogens with zero attached hydrogens (tertiary/aromatic N) is 2. The van der Waals surface area contributed by atoms with Crippen LogP contribution < -0.4 is 4.74 Å². The summed E-state index contributed by atoms with van der Waals surface area (Å²) < 4.78 is 10.5. The van der Waals surface area contributed by atoms with Crippen LogP contribution in [0.15, 0.2) is 16.8 Å². The molecule has 0 saturated heterocycles. The van der Waals surface area contributed by atoms with Gasteiger partial charge >= 0.3 is 0 Å². The van der Waals surface area contributed by atoms with E-state index in [2.05, 4.69) is 10.3 Å². The molecule has 0 fully saturated rings. The van der Waals surface area contributed by atoms with Gasteiger partial charge in [0, 0.05) is 0 Å². The van der Waals surface area contributed by atoms with Crippen LogP contribution in [-0.4, -0.2) is 15.9 Å². The van der Waals surface area contributed by atoms with E-state index in [0.717, 1.165) is 11.1 Å². The van der Waals surface area contributed by atoms with E-state index in [1.54, 1.807) is 0 Å². The van der Waals surface area contributed by atoms with Crippen molar-refractivity contribution in [1.29, 1.82) is 0 Å². The van der Waals surface area contributed by atoms with Crippen LogP contribution in [0.25, 0.3) is 11.0 Å². The van der Waals surface area contributed by atoms with Gasteiger partial charge in [0.25, 0.3) is 0 Å². The normalized spacial score (nSPS) is 12.0. The third-order valence-corrected chi connectivity index (χ3v) is 2.00. The average molecular weight is 206 g/mol. The highest BCUT2D eigenvalue weighted by Gasteiger charge is 2.17. The maximum atomic E-state index is 5.77. The van der Waals surface area contributed by atoms with Gasteiger partial charge in [0.05, 0.1) is 0 Å². The summed E-state index contributed by atoms with van der Waals surface area (Å²) in [7, 11) is 0. The fourth-order valence-corrected chi connectivity index (χ4v) is 1.38. The Hall–Kier alpha value is -1.58. The first-order chi connectivity index (χ1) is 6.97. The second-order valence-electron chi connectivity index (χ2n) is 4.56. The molecule has 4 nitrogen and oxygen atoms in total. The van der Waals surface area contributed by atoms with Crippen molar-refractivity contribution in [2.24, 2.45) is 0 Å². The summed E-state index contributed by atoms with van der Waals surface area (Å²) in [4.78, 5) is 0. The average Bonchev–Trinajstić information content (AvgIpc) is 2.57. The van der Waals surface area contributed by atoms with Crippen molar-refractivity contribution in [3.63, 3.8) is 0 Å². The molecule has 0 aliphatic heterocycles. The second kappa shape index (κ2) is 3.22. The highest BCUT2D eigenvalue weighted by molar-refractivity contribution is 5.83. The van der Waals surface area contributed by atoms with Crippen LogP contribution in [0, 0.1) is 6.92 Å². The fraction of sp³-hybridized carbons (Fsp3) is 0.455. The third kappa shape index (κ3) is 1.93. The minimum atomic E-state index is -0.249. The first-order valence-corrected chi connectivity index (χ1v) is 4.88. The Labute approximate surface area is 88.2 Å². The van der Waals surface area contributed by atoms with Gasteiger partial charge in [-0.1, -0.05) is 6.07 Å². The molecule has 2 rings (SSSR count). The standard InChI is InChI=1S/C11H14N2O2/c1-7-5-6-8(14-11(2,3)4)10-9(7)12-15-13-10/h5-6H,1-4H3. The van der Waals surface area contributed by atoms with Crippen LogP contribution in [0.2, 0.25) is 0 Å². The number of hydrogen-bond donors (Lipinski definition) is 0. The minimum absolute atomic E-state index is 0.249. The zero-order valence-electron chi connectivity index (χ0n) is 9.37. The van der Waals surface area contributed by atoms with Crippen LogP contribution in [0.3, 0.4) is 0 Å². The predicted molar refractivity (Wildman–Crippen MR) is 56.9 cm³/mol. The van der Waals surface area contributed by atoms with E-state index in [1.807, 2.05) is 39.8 Å². The Morgan fingerprint density at radius 1 is 1.13 bits per heavy atom. The topological polar surface area (TPSA) is 48.2 Å². The highest BCUT2D eigenvalue weighted by atomic mass is 16.6. The van der Waals surface area contributed by atoms with Crippen molar-refractivity contribution in [3.8, 4) is 5.75 Å². The first kappa shape index (κ1) is 9.96. The fourth-order valence-electron chi connectivity index (χ4n) is 1.38. The van der Waals surface area contributed by atoms with Crippen molar-refractivity contribution in [1.82, 2.24) is 10.3 Å². The number of fused-ring (bicyclic) bond motifs is 1. The molecule has 80 valence electrons. The molecule has 1 aromatic carbocycles. The summed E-state index contributed by atoms with van der Waals surface area (Å²) in [5, 5.41) is 7.70. The summed E-state index contributed by atoms with van der Waals surface area (Å²) in [5.74, 6) is 0.712.